The van der Waals surface area contributed by atoms with Crippen molar-refractivity contribution in [2.75, 3.05) is 40.5 Å². The van der Waals surface area contributed by atoms with Gasteiger partial charge in [0.15, 0.2) is 0 Å². The third-order valence-corrected chi connectivity index (χ3v) is 2.90. The quantitative estimate of drug-likeness (QED) is 0.682. The first-order valence-corrected chi connectivity index (χ1v) is 6.62. The number of hydrogen-bond acceptors (Lipinski definition) is 4. The smallest absolute Gasteiger partial charge is 0.323 e. The van der Waals surface area contributed by atoms with Crippen LogP contribution in [-0.2, 0) is 14.3 Å². The van der Waals surface area contributed by atoms with Crippen LogP contribution in [0.25, 0.3) is 0 Å². The Morgan fingerprint density at radius 2 is 1.70 bits per heavy atom. The van der Waals surface area contributed by atoms with Crippen molar-refractivity contribution in [3.63, 3.8) is 0 Å². The second-order valence-electron chi connectivity index (χ2n) is 4.89. The average molecular weight is 290 g/mol. The van der Waals surface area contributed by atoms with Gasteiger partial charge in [0, 0.05) is 26.8 Å². The lowest BCUT2D eigenvalue weighted by atomic mass is 10.2. The van der Waals surface area contributed by atoms with Crippen LogP contribution >= 0.6 is 0 Å². The van der Waals surface area contributed by atoms with Crippen molar-refractivity contribution in [1.29, 1.82) is 0 Å². The first kappa shape index (κ1) is 18.7. The summed E-state index contributed by atoms with van der Waals surface area (Å²) in [6.45, 7) is 6.28. The van der Waals surface area contributed by atoms with Crippen molar-refractivity contribution in [2.45, 2.75) is 32.9 Å². The lowest BCUT2D eigenvalue weighted by Crippen LogP contribution is -2.53. The number of aliphatic carboxylic acids is 1. The summed E-state index contributed by atoms with van der Waals surface area (Å²) in [6.07, 6.45) is 0. The highest BCUT2D eigenvalue weighted by Crippen LogP contribution is 2.09. The minimum atomic E-state index is -1.03. The number of rotatable bonds is 9. The molecule has 0 spiro atoms. The molecule has 2 amide bonds. The number of carbonyl (C=O) groups excluding carboxylic acids is 1. The first-order valence-electron chi connectivity index (χ1n) is 6.62. The maximum absolute atomic E-state index is 12.5. The SMILES string of the molecule is COCCN(C(=O)N(CC(=O)O)C(C)C)C(C)COC. The molecule has 0 saturated carbocycles. The number of urea groups is 1. The molecule has 0 aliphatic rings. The zero-order valence-electron chi connectivity index (χ0n) is 13.0. The largest absolute Gasteiger partial charge is 0.480 e. The fraction of sp³-hybridized carbons (Fsp3) is 0.846. The second kappa shape index (κ2) is 9.55. The maximum Gasteiger partial charge on any atom is 0.323 e. The molecule has 7 nitrogen and oxygen atoms in total. The van der Waals surface area contributed by atoms with E-state index in [0.717, 1.165) is 0 Å². The van der Waals surface area contributed by atoms with Gasteiger partial charge in [0.2, 0.25) is 0 Å². The van der Waals surface area contributed by atoms with E-state index in [-0.39, 0.29) is 24.7 Å². The summed E-state index contributed by atoms with van der Waals surface area (Å²) in [7, 11) is 3.12. The summed E-state index contributed by atoms with van der Waals surface area (Å²) < 4.78 is 10.1. The Labute approximate surface area is 120 Å². The molecule has 0 aliphatic carbocycles. The number of amides is 2. The number of ether oxygens (including phenoxy) is 2. The molecule has 0 aliphatic heterocycles. The standard InChI is InChI=1S/C13H26N2O5/c1-10(2)15(8-12(16)17)13(18)14(6-7-19-4)11(3)9-20-5/h10-11H,6-9H2,1-5H3,(H,16,17). The number of carboxylic acid groups (broad SMARTS) is 1. The molecule has 0 aromatic rings. The van der Waals surface area contributed by atoms with Crippen molar-refractivity contribution >= 4 is 12.0 Å². The van der Waals surface area contributed by atoms with E-state index >= 15 is 0 Å². The van der Waals surface area contributed by atoms with Crippen LogP contribution in [0.1, 0.15) is 20.8 Å². The van der Waals surface area contributed by atoms with Gasteiger partial charge in [-0.25, -0.2) is 4.79 Å². The van der Waals surface area contributed by atoms with Gasteiger partial charge in [0.25, 0.3) is 0 Å². The molecule has 0 fully saturated rings. The number of methoxy groups -OCH3 is 2. The van der Waals surface area contributed by atoms with Crippen molar-refractivity contribution in [2.24, 2.45) is 0 Å². The lowest BCUT2D eigenvalue weighted by Gasteiger charge is -2.35. The van der Waals surface area contributed by atoms with Gasteiger partial charge in [-0.1, -0.05) is 0 Å². The Hall–Kier alpha value is -1.34. The van der Waals surface area contributed by atoms with E-state index in [4.69, 9.17) is 14.6 Å². The lowest BCUT2D eigenvalue weighted by molar-refractivity contribution is -0.138. The summed E-state index contributed by atoms with van der Waals surface area (Å²) in [5, 5.41) is 8.92. The van der Waals surface area contributed by atoms with Crippen molar-refractivity contribution in [3.8, 4) is 0 Å². The zero-order chi connectivity index (χ0) is 15.7. The number of carbonyl (C=O) groups is 2. The van der Waals surface area contributed by atoms with Gasteiger partial charge in [0.1, 0.15) is 6.54 Å². The fourth-order valence-corrected chi connectivity index (χ4v) is 1.81. The molecule has 1 N–H and O–H groups in total. The van der Waals surface area contributed by atoms with Gasteiger partial charge in [-0.15, -0.1) is 0 Å². The molecule has 1 unspecified atom stereocenters. The summed E-state index contributed by atoms with van der Waals surface area (Å²) in [4.78, 5) is 26.3. The average Bonchev–Trinajstić information content (AvgIpc) is 2.35. The Bertz CT molecular complexity index is 309. The predicted octanol–water partition coefficient (Wildman–Crippen LogP) is 0.885. The van der Waals surface area contributed by atoms with Gasteiger partial charge in [-0.3, -0.25) is 4.79 Å². The molecule has 0 rings (SSSR count). The number of hydrogen-bond donors (Lipinski definition) is 1. The minimum Gasteiger partial charge on any atom is -0.480 e. The van der Waals surface area contributed by atoms with E-state index in [0.29, 0.717) is 19.8 Å². The van der Waals surface area contributed by atoms with Crippen molar-refractivity contribution in [3.05, 3.63) is 0 Å². The molecule has 0 radical (unpaired) electrons. The summed E-state index contributed by atoms with van der Waals surface area (Å²) >= 11 is 0. The minimum absolute atomic E-state index is 0.155. The molecule has 0 bridgehead atoms. The van der Waals surface area contributed by atoms with E-state index in [1.54, 1.807) is 33.0 Å². The Morgan fingerprint density at radius 3 is 2.10 bits per heavy atom. The van der Waals surface area contributed by atoms with Crippen molar-refractivity contribution < 1.29 is 24.2 Å². The van der Waals surface area contributed by atoms with Crippen LogP contribution in [-0.4, -0.2) is 79.5 Å². The zero-order valence-corrected chi connectivity index (χ0v) is 13.0. The molecule has 0 aromatic carbocycles. The summed E-state index contributed by atoms with van der Waals surface area (Å²) in [5.41, 5.74) is 0. The van der Waals surface area contributed by atoms with E-state index in [1.165, 1.54) is 4.90 Å². The Balaban J connectivity index is 4.99. The normalized spacial score (nSPS) is 12.3. The number of nitrogens with zero attached hydrogens (tertiary/aromatic N) is 2. The molecule has 20 heavy (non-hydrogen) atoms. The summed E-state index contributed by atoms with van der Waals surface area (Å²) in [6, 6.07) is -0.667. The van der Waals surface area contributed by atoms with E-state index in [9.17, 15) is 9.59 Å². The molecule has 7 heteroatoms. The maximum atomic E-state index is 12.5. The summed E-state index contributed by atoms with van der Waals surface area (Å²) in [5.74, 6) is -1.03. The van der Waals surface area contributed by atoms with Crippen LogP contribution in [0.3, 0.4) is 0 Å². The molecule has 0 heterocycles. The molecule has 118 valence electrons. The molecule has 0 aromatic heterocycles. The van der Waals surface area contributed by atoms with Gasteiger partial charge in [-0.2, -0.15) is 0 Å². The second-order valence-corrected chi connectivity index (χ2v) is 4.89. The highest BCUT2D eigenvalue weighted by atomic mass is 16.5. The van der Waals surface area contributed by atoms with Gasteiger partial charge < -0.3 is 24.4 Å². The third-order valence-electron chi connectivity index (χ3n) is 2.90. The fourth-order valence-electron chi connectivity index (χ4n) is 1.81. The van der Waals surface area contributed by atoms with Crippen LogP contribution in [0.5, 0.6) is 0 Å². The van der Waals surface area contributed by atoms with Crippen LogP contribution in [0.2, 0.25) is 0 Å². The molecular formula is C13H26N2O5. The van der Waals surface area contributed by atoms with Crippen LogP contribution < -0.4 is 0 Å². The van der Waals surface area contributed by atoms with E-state index < -0.39 is 5.97 Å². The Kier molecular flexibility index (Phi) is 8.91. The molecular weight excluding hydrogens is 264 g/mol. The molecule has 0 saturated heterocycles. The topological polar surface area (TPSA) is 79.3 Å². The van der Waals surface area contributed by atoms with Crippen molar-refractivity contribution in [1.82, 2.24) is 9.80 Å². The Morgan fingerprint density at radius 1 is 1.10 bits per heavy atom. The van der Waals surface area contributed by atoms with Crippen LogP contribution in [0.15, 0.2) is 0 Å². The van der Waals surface area contributed by atoms with E-state index in [2.05, 4.69) is 0 Å². The monoisotopic (exact) mass is 290 g/mol. The van der Waals surface area contributed by atoms with Gasteiger partial charge in [-0.05, 0) is 20.8 Å². The van der Waals surface area contributed by atoms with Crippen LogP contribution in [0, 0.1) is 0 Å². The third kappa shape index (κ3) is 6.21. The van der Waals surface area contributed by atoms with E-state index in [1.807, 2.05) is 6.92 Å². The van der Waals surface area contributed by atoms with Crippen LogP contribution in [0.4, 0.5) is 4.79 Å². The molecule has 1 atom stereocenters. The van der Waals surface area contributed by atoms with Gasteiger partial charge >= 0.3 is 12.0 Å². The predicted molar refractivity (Wildman–Crippen MR) is 74.8 cm³/mol. The highest BCUT2D eigenvalue weighted by molar-refractivity contribution is 5.80. The first-order chi connectivity index (χ1) is 9.34. The highest BCUT2D eigenvalue weighted by Gasteiger charge is 2.28. The van der Waals surface area contributed by atoms with Gasteiger partial charge in [0.05, 0.1) is 19.3 Å². The number of carboxylic acids is 1.